The Morgan fingerprint density at radius 1 is 1.21 bits per heavy atom. The number of rotatable bonds is 7. The quantitative estimate of drug-likeness (QED) is 0.626. The first-order valence-electron chi connectivity index (χ1n) is 8.24. The number of nitrogens with one attached hydrogen (secondary N) is 1. The van der Waals surface area contributed by atoms with Gasteiger partial charge in [-0.05, 0) is 54.0 Å². The topological polar surface area (TPSA) is 73.9 Å². The number of hydrogen-bond acceptors (Lipinski definition) is 5. The van der Waals surface area contributed by atoms with Gasteiger partial charge in [0, 0.05) is 0 Å². The normalized spacial score (nSPS) is 11.5. The summed E-state index contributed by atoms with van der Waals surface area (Å²) < 4.78 is 43.5. The molecule has 0 aliphatic heterocycles. The molecule has 1 atom stereocenters. The van der Waals surface area contributed by atoms with Gasteiger partial charge >= 0.3 is 5.97 Å². The van der Waals surface area contributed by atoms with Crippen molar-refractivity contribution >= 4 is 33.5 Å². The van der Waals surface area contributed by atoms with Crippen LogP contribution in [0.2, 0.25) is 0 Å². The van der Waals surface area contributed by atoms with Crippen LogP contribution in [0.3, 0.4) is 0 Å². The highest BCUT2D eigenvalue weighted by Gasteiger charge is 2.23. The molecule has 0 aliphatic rings. The summed E-state index contributed by atoms with van der Waals surface area (Å²) in [6.45, 7) is 3.47. The van der Waals surface area contributed by atoms with E-state index in [-0.39, 0.29) is 5.56 Å². The van der Waals surface area contributed by atoms with Crippen LogP contribution in [0.5, 0.6) is 11.5 Å². The summed E-state index contributed by atoms with van der Waals surface area (Å²) in [6, 6.07) is 6.02. The van der Waals surface area contributed by atoms with Crippen LogP contribution in [0.4, 0.5) is 14.5 Å². The number of hydrogen-bond donors (Lipinski definition) is 1. The molecule has 0 radical (unpaired) electrons. The zero-order valence-corrected chi connectivity index (χ0v) is 16.9. The Kier molecular flexibility index (Phi) is 7.33. The standard InChI is InChI=1S/C19H18BrF2NO5/c1-4-27-17-12(20)8-11(9-15(17)26-3)19(25)28-10(2)18(24)23-16-13(21)6-5-7-14(16)22/h5-10H,4H2,1-3H3,(H,23,24). The number of carbonyl (C=O) groups excluding carboxylic acids is 2. The molecule has 2 aromatic carbocycles. The molecule has 0 fully saturated rings. The summed E-state index contributed by atoms with van der Waals surface area (Å²) in [5.74, 6) is -2.86. The lowest BCUT2D eigenvalue weighted by atomic mass is 10.2. The van der Waals surface area contributed by atoms with Crippen molar-refractivity contribution in [3.63, 3.8) is 0 Å². The second kappa shape index (κ2) is 9.50. The molecule has 0 spiro atoms. The van der Waals surface area contributed by atoms with Crippen LogP contribution in [-0.2, 0) is 9.53 Å². The van der Waals surface area contributed by atoms with E-state index >= 15 is 0 Å². The van der Waals surface area contributed by atoms with Crippen LogP contribution in [0.15, 0.2) is 34.8 Å². The van der Waals surface area contributed by atoms with Crippen LogP contribution in [0, 0.1) is 11.6 Å². The zero-order valence-electron chi connectivity index (χ0n) is 15.3. The maximum Gasteiger partial charge on any atom is 0.339 e. The number of esters is 1. The zero-order chi connectivity index (χ0) is 20.8. The van der Waals surface area contributed by atoms with Gasteiger partial charge in [-0.1, -0.05) is 6.07 Å². The summed E-state index contributed by atoms with van der Waals surface area (Å²) in [4.78, 5) is 24.5. The third kappa shape index (κ3) is 4.98. The molecule has 0 saturated carbocycles. The lowest BCUT2D eigenvalue weighted by Gasteiger charge is -2.16. The molecule has 0 bridgehead atoms. The first kappa shape index (κ1) is 21.6. The van der Waals surface area contributed by atoms with E-state index < -0.39 is 35.3 Å². The fraction of sp³-hybridized carbons (Fsp3) is 0.263. The van der Waals surface area contributed by atoms with Crippen LogP contribution in [0.1, 0.15) is 24.2 Å². The molecule has 28 heavy (non-hydrogen) atoms. The number of amides is 1. The van der Waals surface area contributed by atoms with Gasteiger partial charge in [-0.25, -0.2) is 13.6 Å². The lowest BCUT2D eigenvalue weighted by molar-refractivity contribution is -0.123. The number of carbonyl (C=O) groups is 2. The molecular weight excluding hydrogens is 440 g/mol. The predicted octanol–water partition coefficient (Wildman–Crippen LogP) is 4.32. The Morgan fingerprint density at radius 3 is 2.43 bits per heavy atom. The minimum absolute atomic E-state index is 0.101. The van der Waals surface area contributed by atoms with Gasteiger partial charge in [0.05, 0.1) is 23.8 Å². The Balaban J connectivity index is 2.13. The van der Waals surface area contributed by atoms with Gasteiger partial charge in [0.15, 0.2) is 17.6 Å². The van der Waals surface area contributed by atoms with E-state index in [1.54, 1.807) is 6.92 Å². The molecule has 0 aliphatic carbocycles. The van der Waals surface area contributed by atoms with Gasteiger partial charge in [-0.3, -0.25) is 4.79 Å². The second-order valence-electron chi connectivity index (χ2n) is 5.56. The number of anilines is 1. The van der Waals surface area contributed by atoms with Crippen molar-refractivity contribution in [3.8, 4) is 11.5 Å². The molecular formula is C19H18BrF2NO5. The fourth-order valence-corrected chi connectivity index (χ4v) is 2.80. The molecule has 0 heterocycles. The molecule has 2 aromatic rings. The molecule has 1 N–H and O–H groups in total. The van der Waals surface area contributed by atoms with Gasteiger partial charge in [0.2, 0.25) is 0 Å². The van der Waals surface area contributed by atoms with Crippen molar-refractivity contribution in [3.05, 3.63) is 52.0 Å². The number of ether oxygens (including phenoxy) is 3. The fourth-order valence-electron chi connectivity index (χ4n) is 2.25. The second-order valence-corrected chi connectivity index (χ2v) is 6.41. The van der Waals surface area contributed by atoms with Crippen molar-refractivity contribution < 1.29 is 32.6 Å². The maximum absolute atomic E-state index is 13.6. The lowest BCUT2D eigenvalue weighted by Crippen LogP contribution is -2.30. The Bertz CT molecular complexity index is 871. The SMILES string of the molecule is CCOc1c(Br)cc(C(=O)OC(C)C(=O)Nc2c(F)cccc2F)cc1OC. The average molecular weight is 458 g/mol. The first-order chi connectivity index (χ1) is 13.3. The molecule has 9 heteroatoms. The summed E-state index contributed by atoms with van der Waals surface area (Å²) in [5, 5.41) is 2.07. The van der Waals surface area contributed by atoms with E-state index in [2.05, 4.69) is 21.2 Å². The van der Waals surface area contributed by atoms with Crippen LogP contribution in [-0.4, -0.2) is 31.7 Å². The molecule has 1 amide bonds. The van der Waals surface area contributed by atoms with Gasteiger partial charge in [0.25, 0.3) is 5.91 Å². The van der Waals surface area contributed by atoms with Crippen LogP contribution >= 0.6 is 15.9 Å². The van der Waals surface area contributed by atoms with Gasteiger partial charge in [0.1, 0.15) is 17.3 Å². The highest BCUT2D eigenvalue weighted by molar-refractivity contribution is 9.10. The summed E-state index contributed by atoms with van der Waals surface area (Å²) >= 11 is 3.29. The van der Waals surface area contributed by atoms with E-state index in [0.717, 1.165) is 12.1 Å². The Morgan fingerprint density at radius 2 is 1.86 bits per heavy atom. The number of methoxy groups -OCH3 is 1. The van der Waals surface area contributed by atoms with E-state index in [4.69, 9.17) is 14.2 Å². The third-order valence-electron chi connectivity index (χ3n) is 3.62. The smallest absolute Gasteiger partial charge is 0.339 e. The van der Waals surface area contributed by atoms with Gasteiger partial charge in [-0.15, -0.1) is 0 Å². The van der Waals surface area contributed by atoms with Crippen LogP contribution in [0.25, 0.3) is 0 Å². The Labute approximate surface area is 168 Å². The van der Waals surface area contributed by atoms with Gasteiger partial charge < -0.3 is 19.5 Å². The van der Waals surface area contributed by atoms with Crippen molar-refractivity contribution in [2.24, 2.45) is 0 Å². The van der Waals surface area contributed by atoms with E-state index in [9.17, 15) is 18.4 Å². The predicted molar refractivity (Wildman–Crippen MR) is 102 cm³/mol. The summed E-state index contributed by atoms with van der Waals surface area (Å²) in [7, 11) is 1.42. The highest BCUT2D eigenvalue weighted by Crippen LogP contribution is 2.37. The van der Waals surface area contributed by atoms with E-state index in [0.29, 0.717) is 22.6 Å². The molecule has 150 valence electrons. The molecule has 1 unspecified atom stereocenters. The van der Waals surface area contributed by atoms with Crippen molar-refractivity contribution in [1.82, 2.24) is 0 Å². The average Bonchev–Trinajstić information content (AvgIpc) is 2.65. The summed E-state index contributed by atoms with van der Waals surface area (Å²) in [6.07, 6.45) is -1.30. The van der Waals surface area contributed by atoms with Crippen molar-refractivity contribution in [2.75, 3.05) is 19.0 Å². The molecule has 2 rings (SSSR count). The molecule has 0 aromatic heterocycles. The van der Waals surface area contributed by atoms with E-state index in [1.807, 2.05) is 0 Å². The minimum Gasteiger partial charge on any atom is -0.493 e. The van der Waals surface area contributed by atoms with Crippen LogP contribution < -0.4 is 14.8 Å². The molecule has 6 nitrogen and oxygen atoms in total. The highest BCUT2D eigenvalue weighted by atomic mass is 79.9. The molecule has 0 saturated heterocycles. The van der Waals surface area contributed by atoms with Gasteiger partial charge in [-0.2, -0.15) is 0 Å². The third-order valence-corrected chi connectivity index (χ3v) is 4.21. The Hall–Kier alpha value is -2.68. The maximum atomic E-state index is 13.6. The number of halogens is 3. The minimum atomic E-state index is -1.30. The first-order valence-corrected chi connectivity index (χ1v) is 9.04. The summed E-state index contributed by atoms with van der Waals surface area (Å²) in [5.41, 5.74) is -0.509. The largest absolute Gasteiger partial charge is 0.493 e. The monoisotopic (exact) mass is 457 g/mol. The van der Waals surface area contributed by atoms with Crippen molar-refractivity contribution in [2.45, 2.75) is 20.0 Å². The van der Waals surface area contributed by atoms with Crippen molar-refractivity contribution in [1.29, 1.82) is 0 Å². The van der Waals surface area contributed by atoms with E-state index in [1.165, 1.54) is 32.2 Å². The number of benzene rings is 2. The number of para-hydroxylation sites is 1.